The van der Waals surface area contributed by atoms with E-state index in [0.717, 1.165) is 44.9 Å². The first kappa shape index (κ1) is 16.0. The molecule has 1 N–H and O–H groups in total. The normalized spacial score (nSPS) is 55.5. The second-order valence-corrected chi connectivity index (χ2v) is 9.62. The number of alkyl halides is 1. The summed E-state index contributed by atoms with van der Waals surface area (Å²) in [7, 11) is 0. The number of hydrogen-bond acceptors (Lipinski definition) is 2. The van der Waals surface area contributed by atoms with Gasteiger partial charge in [0.25, 0.3) is 0 Å². The fourth-order valence-electron chi connectivity index (χ4n) is 6.89. The molecule has 2 nitrogen and oxygen atoms in total. The van der Waals surface area contributed by atoms with Gasteiger partial charge in [0.2, 0.25) is 0 Å². The zero-order chi connectivity index (χ0) is 16.5. The van der Waals surface area contributed by atoms with E-state index in [1.165, 1.54) is 0 Å². The second kappa shape index (κ2) is 4.99. The van der Waals surface area contributed by atoms with E-state index >= 15 is 0 Å². The number of Topliss-reactive ketones (excluding diaryl/α,β-unsaturated/α-hetero) is 1. The Morgan fingerprint density at radius 2 is 1.83 bits per heavy atom. The van der Waals surface area contributed by atoms with Crippen LogP contribution in [0.1, 0.15) is 64.7 Å². The van der Waals surface area contributed by atoms with Gasteiger partial charge in [-0.05, 0) is 68.6 Å². The standard InChI is InChI=1S/C20H27ClO2/c1-3-20(23)11-8-16-14-7-10-19(21)12-13(22)4-5-17(19)15(14)6-9-18(16,20)2/h1,14-17,23H,4-12H2,2H3/t14-,15-,16-,17-,18+,19+,20+/m1/s1. The molecule has 0 saturated heterocycles. The van der Waals surface area contributed by atoms with Crippen molar-refractivity contribution in [3.05, 3.63) is 0 Å². The molecule has 0 heterocycles. The van der Waals surface area contributed by atoms with E-state index in [-0.39, 0.29) is 10.3 Å². The van der Waals surface area contributed by atoms with Crippen LogP contribution in [0.4, 0.5) is 0 Å². The minimum atomic E-state index is -0.930. The molecule has 126 valence electrons. The van der Waals surface area contributed by atoms with Crippen LogP contribution in [0, 0.1) is 41.4 Å². The third-order valence-corrected chi connectivity index (χ3v) is 8.79. The zero-order valence-electron chi connectivity index (χ0n) is 14.0. The van der Waals surface area contributed by atoms with Crippen molar-refractivity contribution in [2.24, 2.45) is 29.1 Å². The third-order valence-electron chi connectivity index (χ3n) is 8.18. The molecule has 4 fully saturated rings. The van der Waals surface area contributed by atoms with Gasteiger partial charge in [-0.15, -0.1) is 18.0 Å². The maximum absolute atomic E-state index is 11.9. The van der Waals surface area contributed by atoms with Gasteiger partial charge >= 0.3 is 0 Å². The first-order chi connectivity index (χ1) is 10.8. The van der Waals surface area contributed by atoms with E-state index < -0.39 is 5.60 Å². The van der Waals surface area contributed by atoms with E-state index in [2.05, 4.69) is 12.8 Å². The maximum atomic E-state index is 11.9. The smallest absolute Gasteiger partial charge is 0.134 e. The summed E-state index contributed by atoms with van der Waals surface area (Å²) in [5.41, 5.74) is -1.07. The van der Waals surface area contributed by atoms with E-state index in [0.29, 0.717) is 42.3 Å². The molecule has 4 aliphatic rings. The summed E-state index contributed by atoms with van der Waals surface area (Å²) in [6, 6.07) is 0. The number of carbonyl (C=O) groups is 1. The Bertz CT molecular complexity index is 581. The molecule has 4 saturated carbocycles. The largest absolute Gasteiger partial charge is 0.377 e. The highest BCUT2D eigenvalue weighted by Crippen LogP contribution is 2.66. The number of halogens is 1. The summed E-state index contributed by atoms with van der Waals surface area (Å²) >= 11 is 6.95. The molecule has 0 aromatic carbocycles. The maximum Gasteiger partial charge on any atom is 0.134 e. The Balaban J connectivity index is 1.64. The van der Waals surface area contributed by atoms with Gasteiger partial charge in [-0.25, -0.2) is 0 Å². The van der Waals surface area contributed by atoms with Crippen LogP contribution in [0.3, 0.4) is 0 Å². The number of rotatable bonds is 0. The number of fused-ring (bicyclic) bond motifs is 5. The molecule has 0 bridgehead atoms. The predicted octanol–water partition coefficient (Wildman–Crippen LogP) is 3.93. The van der Waals surface area contributed by atoms with Crippen molar-refractivity contribution < 1.29 is 9.90 Å². The summed E-state index contributed by atoms with van der Waals surface area (Å²) in [6.45, 7) is 2.22. The van der Waals surface area contributed by atoms with Crippen molar-refractivity contribution in [1.29, 1.82) is 0 Å². The van der Waals surface area contributed by atoms with Crippen LogP contribution in [-0.4, -0.2) is 21.4 Å². The molecule has 0 aromatic heterocycles. The lowest BCUT2D eigenvalue weighted by molar-refractivity contribution is -0.128. The second-order valence-electron chi connectivity index (χ2n) is 8.87. The van der Waals surface area contributed by atoms with Crippen molar-refractivity contribution in [3.63, 3.8) is 0 Å². The number of aliphatic hydroxyl groups is 1. The Kier molecular flexibility index (Phi) is 3.47. The monoisotopic (exact) mass is 334 g/mol. The van der Waals surface area contributed by atoms with Gasteiger partial charge in [0.15, 0.2) is 0 Å². The summed E-state index contributed by atoms with van der Waals surface area (Å²) in [5.74, 6) is 5.31. The summed E-state index contributed by atoms with van der Waals surface area (Å²) in [5, 5.41) is 11.0. The van der Waals surface area contributed by atoms with Gasteiger partial charge in [0.05, 0.1) is 4.87 Å². The lowest BCUT2D eigenvalue weighted by Gasteiger charge is -2.58. The Labute approximate surface area is 144 Å². The highest BCUT2D eigenvalue weighted by atomic mass is 35.5. The molecular formula is C20H27ClO2. The molecule has 4 aliphatic carbocycles. The fourth-order valence-corrected chi connectivity index (χ4v) is 7.41. The number of terminal acetylenes is 1. The number of hydrogen-bond donors (Lipinski definition) is 1. The molecular weight excluding hydrogens is 308 g/mol. The summed E-state index contributed by atoms with van der Waals surface area (Å²) in [6.07, 6.45) is 13.9. The van der Waals surface area contributed by atoms with Gasteiger partial charge in [-0.1, -0.05) is 12.8 Å². The Morgan fingerprint density at radius 1 is 1.13 bits per heavy atom. The van der Waals surface area contributed by atoms with Crippen LogP contribution < -0.4 is 0 Å². The van der Waals surface area contributed by atoms with Crippen molar-refractivity contribution in [2.45, 2.75) is 75.2 Å². The molecule has 0 unspecified atom stereocenters. The first-order valence-corrected chi connectivity index (χ1v) is 9.62. The summed E-state index contributed by atoms with van der Waals surface area (Å²) < 4.78 is 0. The van der Waals surface area contributed by atoms with Crippen molar-refractivity contribution >= 4 is 17.4 Å². The number of carbonyl (C=O) groups excluding carboxylic acids is 1. The topological polar surface area (TPSA) is 37.3 Å². The molecule has 3 heteroatoms. The lowest BCUT2D eigenvalue weighted by atomic mass is 9.49. The third kappa shape index (κ3) is 2.02. The Hall–Kier alpha value is -0.520. The van der Waals surface area contributed by atoms with Crippen LogP contribution in [0.15, 0.2) is 0 Å². The Morgan fingerprint density at radius 3 is 2.57 bits per heavy atom. The zero-order valence-corrected chi connectivity index (χ0v) is 14.7. The van der Waals surface area contributed by atoms with Crippen molar-refractivity contribution in [3.8, 4) is 12.3 Å². The van der Waals surface area contributed by atoms with Crippen molar-refractivity contribution in [2.75, 3.05) is 0 Å². The van der Waals surface area contributed by atoms with Crippen LogP contribution >= 0.6 is 11.6 Å². The quantitative estimate of drug-likeness (QED) is 0.538. The molecule has 0 aromatic rings. The predicted molar refractivity (Wildman–Crippen MR) is 91.0 cm³/mol. The van der Waals surface area contributed by atoms with Crippen LogP contribution in [-0.2, 0) is 4.79 Å². The van der Waals surface area contributed by atoms with E-state index in [1.807, 2.05) is 0 Å². The lowest BCUT2D eigenvalue weighted by Crippen LogP contribution is -2.56. The minimum absolute atomic E-state index is 0.139. The van der Waals surface area contributed by atoms with Gasteiger partial charge in [-0.3, -0.25) is 4.79 Å². The van der Waals surface area contributed by atoms with Gasteiger partial charge in [0, 0.05) is 18.3 Å². The molecule has 23 heavy (non-hydrogen) atoms. The fraction of sp³-hybridized carbons (Fsp3) is 0.850. The summed E-state index contributed by atoms with van der Waals surface area (Å²) in [4.78, 5) is 11.6. The average molecular weight is 335 g/mol. The molecule has 0 aliphatic heterocycles. The molecule has 0 amide bonds. The van der Waals surface area contributed by atoms with Crippen molar-refractivity contribution in [1.82, 2.24) is 0 Å². The van der Waals surface area contributed by atoms with Gasteiger partial charge in [-0.2, -0.15) is 0 Å². The van der Waals surface area contributed by atoms with Crippen LogP contribution in [0.25, 0.3) is 0 Å². The van der Waals surface area contributed by atoms with Crippen LogP contribution in [0.5, 0.6) is 0 Å². The van der Waals surface area contributed by atoms with Gasteiger partial charge < -0.3 is 5.11 Å². The van der Waals surface area contributed by atoms with Crippen LogP contribution in [0.2, 0.25) is 0 Å². The molecule has 0 radical (unpaired) electrons. The number of ketones is 1. The molecule has 4 rings (SSSR count). The highest BCUT2D eigenvalue weighted by molar-refractivity contribution is 6.25. The first-order valence-electron chi connectivity index (χ1n) is 9.24. The van der Waals surface area contributed by atoms with E-state index in [1.54, 1.807) is 0 Å². The van der Waals surface area contributed by atoms with Gasteiger partial charge in [0.1, 0.15) is 11.4 Å². The molecule has 7 atom stereocenters. The van der Waals surface area contributed by atoms with E-state index in [4.69, 9.17) is 18.0 Å². The molecule has 0 spiro atoms. The van der Waals surface area contributed by atoms with E-state index in [9.17, 15) is 9.90 Å². The minimum Gasteiger partial charge on any atom is -0.377 e. The SMILES string of the molecule is C#C[C@]1(O)CC[C@@H]2[C@@H]3CC[C@]4(Cl)CC(=O)CC[C@@H]4[C@@H]3CC[C@@]21C. The average Bonchev–Trinajstić information content (AvgIpc) is 2.78. The highest BCUT2D eigenvalue weighted by Gasteiger charge is 2.64.